The van der Waals surface area contributed by atoms with Gasteiger partial charge >= 0.3 is 6.09 Å². The minimum atomic E-state index is -0.545. The fourth-order valence-corrected chi connectivity index (χ4v) is 3.44. The van der Waals surface area contributed by atoms with E-state index in [1.807, 2.05) is 58.0 Å². The van der Waals surface area contributed by atoms with Gasteiger partial charge < -0.3 is 24.2 Å². The van der Waals surface area contributed by atoms with Crippen LogP contribution in [-0.2, 0) is 11.3 Å². The molecule has 1 aliphatic rings. The molecule has 0 bridgehead atoms. The topological polar surface area (TPSA) is 107 Å². The van der Waals surface area contributed by atoms with E-state index in [1.54, 1.807) is 17.0 Å². The quantitative estimate of drug-likeness (QED) is 0.588. The molecule has 0 radical (unpaired) electrons. The smallest absolute Gasteiger partial charge is 0.410 e. The predicted molar refractivity (Wildman–Crippen MR) is 124 cm³/mol. The Morgan fingerprint density at radius 3 is 2.53 bits per heavy atom. The average Bonchev–Trinajstić information content (AvgIpc) is 3.14. The van der Waals surface area contributed by atoms with E-state index in [1.165, 1.54) is 6.20 Å². The predicted octanol–water partition coefficient (Wildman–Crippen LogP) is 3.97. The van der Waals surface area contributed by atoms with Crippen LogP contribution >= 0.6 is 0 Å². The summed E-state index contributed by atoms with van der Waals surface area (Å²) in [6, 6.07) is 12.9. The van der Waals surface area contributed by atoms with Crippen molar-refractivity contribution in [2.24, 2.45) is 0 Å². The molecule has 3 aromatic rings. The van der Waals surface area contributed by atoms with E-state index in [9.17, 15) is 9.59 Å². The second-order valence-electron chi connectivity index (χ2n) is 9.16. The van der Waals surface area contributed by atoms with Crippen LogP contribution in [0.15, 0.2) is 53.2 Å². The lowest BCUT2D eigenvalue weighted by Crippen LogP contribution is -2.61. The highest BCUT2D eigenvalue weighted by atomic mass is 16.6. The number of aryl methyl sites for hydroxylation is 1. The van der Waals surface area contributed by atoms with Gasteiger partial charge in [-0.05, 0) is 33.8 Å². The number of hydrogen-bond acceptors (Lipinski definition) is 7. The van der Waals surface area contributed by atoms with Crippen LogP contribution in [0.5, 0.6) is 5.88 Å². The zero-order chi connectivity index (χ0) is 24.3. The largest absolute Gasteiger partial charge is 0.473 e. The van der Waals surface area contributed by atoms with Gasteiger partial charge in [-0.3, -0.25) is 4.79 Å². The van der Waals surface area contributed by atoms with Crippen LogP contribution in [0.25, 0.3) is 11.3 Å². The number of aromatic nitrogens is 2. The molecule has 2 amide bonds. The SMILES string of the molecule is Cc1onc(-c2ccccc2)c1COc1ccc(C(=O)NC2CN(C(=O)OC(C)(C)C)C2)cn1. The van der Waals surface area contributed by atoms with Gasteiger partial charge in [-0.2, -0.15) is 0 Å². The molecule has 2 aromatic heterocycles. The first kappa shape index (κ1) is 23.3. The van der Waals surface area contributed by atoms with Crippen molar-refractivity contribution in [1.29, 1.82) is 0 Å². The van der Waals surface area contributed by atoms with Crippen molar-refractivity contribution < 1.29 is 23.6 Å². The first-order chi connectivity index (χ1) is 16.2. The van der Waals surface area contributed by atoms with Crippen LogP contribution in [0.3, 0.4) is 0 Å². The molecule has 9 heteroatoms. The van der Waals surface area contributed by atoms with Crippen molar-refractivity contribution in [3.05, 3.63) is 65.5 Å². The lowest BCUT2D eigenvalue weighted by atomic mass is 10.1. The minimum absolute atomic E-state index is 0.121. The van der Waals surface area contributed by atoms with E-state index in [0.29, 0.717) is 30.3 Å². The number of pyridine rings is 1. The summed E-state index contributed by atoms with van der Waals surface area (Å²) in [7, 11) is 0. The van der Waals surface area contributed by atoms with E-state index >= 15 is 0 Å². The van der Waals surface area contributed by atoms with Crippen molar-refractivity contribution in [3.63, 3.8) is 0 Å². The third-order valence-electron chi connectivity index (χ3n) is 5.26. The number of hydrogen-bond donors (Lipinski definition) is 1. The summed E-state index contributed by atoms with van der Waals surface area (Å²) >= 11 is 0. The molecule has 0 saturated carbocycles. The number of carbonyl (C=O) groups excluding carboxylic acids is 2. The maximum absolute atomic E-state index is 12.5. The van der Waals surface area contributed by atoms with Crippen LogP contribution in [-0.4, -0.2) is 51.8 Å². The molecule has 0 spiro atoms. The summed E-state index contributed by atoms with van der Waals surface area (Å²) in [6.45, 7) is 8.36. The number of nitrogens with one attached hydrogen (secondary N) is 1. The van der Waals surface area contributed by atoms with Gasteiger partial charge in [0, 0.05) is 30.9 Å². The zero-order valence-electron chi connectivity index (χ0n) is 19.7. The average molecular weight is 465 g/mol. The summed E-state index contributed by atoms with van der Waals surface area (Å²) in [6.07, 6.45) is 1.09. The van der Waals surface area contributed by atoms with Crippen LogP contribution in [0.4, 0.5) is 4.79 Å². The third kappa shape index (κ3) is 5.54. The Balaban J connectivity index is 1.29. The van der Waals surface area contributed by atoms with Gasteiger partial charge in [-0.15, -0.1) is 0 Å². The molecule has 1 saturated heterocycles. The first-order valence-corrected chi connectivity index (χ1v) is 11.1. The van der Waals surface area contributed by atoms with E-state index in [4.69, 9.17) is 14.0 Å². The molecule has 34 heavy (non-hydrogen) atoms. The second kappa shape index (κ2) is 9.54. The van der Waals surface area contributed by atoms with E-state index in [0.717, 1.165) is 16.8 Å². The molecule has 178 valence electrons. The monoisotopic (exact) mass is 464 g/mol. The second-order valence-corrected chi connectivity index (χ2v) is 9.16. The molecule has 1 aromatic carbocycles. The number of likely N-dealkylation sites (tertiary alicyclic amines) is 1. The highest BCUT2D eigenvalue weighted by molar-refractivity contribution is 5.94. The number of rotatable bonds is 6. The van der Waals surface area contributed by atoms with Crippen LogP contribution < -0.4 is 10.1 Å². The van der Waals surface area contributed by atoms with Crippen molar-refractivity contribution in [1.82, 2.24) is 20.4 Å². The molecule has 0 unspecified atom stereocenters. The van der Waals surface area contributed by atoms with E-state index in [2.05, 4.69) is 15.5 Å². The van der Waals surface area contributed by atoms with Crippen molar-refractivity contribution in [2.45, 2.75) is 45.9 Å². The summed E-state index contributed by atoms with van der Waals surface area (Å²) in [5.41, 5.74) is 2.38. The summed E-state index contributed by atoms with van der Waals surface area (Å²) in [5.74, 6) is 0.806. The van der Waals surface area contributed by atoms with Crippen molar-refractivity contribution in [3.8, 4) is 17.1 Å². The Hall–Kier alpha value is -3.88. The maximum Gasteiger partial charge on any atom is 0.410 e. The molecule has 1 fully saturated rings. The minimum Gasteiger partial charge on any atom is -0.473 e. The van der Waals surface area contributed by atoms with Gasteiger partial charge in [0.15, 0.2) is 0 Å². The van der Waals surface area contributed by atoms with Gasteiger partial charge in [0.25, 0.3) is 5.91 Å². The Labute approximate surface area is 198 Å². The van der Waals surface area contributed by atoms with Crippen LogP contribution in [0, 0.1) is 6.92 Å². The summed E-state index contributed by atoms with van der Waals surface area (Å²) < 4.78 is 16.5. The number of benzene rings is 1. The Kier molecular flexibility index (Phi) is 6.54. The lowest BCUT2D eigenvalue weighted by molar-refractivity contribution is 0.00532. The van der Waals surface area contributed by atoms with Gasteiger partial charge in [0.1, 0.15) is 23.7 Å². The maximum atomic E-state index is 12.5. The Morgan fingerprint density at radius 2 is 1.88 bits per heavy atom. The molecular weight excluding hydrogens is 436 g/mol. The fraction of sp³-hybridized carbons (Fsp3) is 0.360. The zero-order valence-corrected chi connectivity index (χ0v) is 19.7. The molecule has 4 rings (SSSR count). The summed E-state index contributed by atoms with van der Waals surface area (Å²) in [5, 5.41) is 7.05. The molecular formula is C25H28N4O5. The fourth-order valence-electron chi connectivity index (χ4n) is 3.44. The van der Waals surface area contributed by atoms with Crippen molar-refractivity contribution in [2.75, 3.05) is 13.1 Å². The summed E-state index contributed by atoms with van der Waals surface area (Å²) in [4.78, 5) is 30.3. The first-order valence-electron chi connectivity index (χ1n) is 11.1. The molecule has 9 nitrogen and oxygen atoms in total. The molecule has 3 heterocycles. The Bertz CT molecular complexity index is 1150. The highest BCUT2D eigenvalue weighted by Crippen LogP contribution is 2.26. The van der Waals surface area contributed by atoms with E-state index < -0.39 is 5.60 Å². The molecule has 1 aliphatic heterocycles. The van der Waals surface area contributed by atoms with E-state index in [-0.39, 0.29) is 24.6 Å². The van der Waals surface area contributed by atoms with Crippen LogP contribution in [0.2, 0.25) is 0 Å². The normalized spacial score (nSPS) is 13.8. The number of nitrogens with zero attached hydrogens (tertiary/aromatic N) is 3. The van der Waals surface area contributed by atoms with Gasteiger partial charge in [0.05, 0.1) is 17.2 Å². The highest BCUT2D eigenvalue weighted by Gasteiger charge is 2.34. The van der Waals surface area contributed by atoms with Gasteiger partial charge in [-0.25, -0.2) is 9.78 Å². The Morgan fingerprint density at radius 1 is 1.15 bits per heavy atom. The number of amides is 2. The standard InChI is InChI=1S/C25H28N4O5/c1-16-20(22(28-34-16)17-8-6-5-7-9-17)15-32-21-11-10-18(12-26-21)23(30)27-19-13-29(14-19)24(31)33-25(2,3)4/h5-12,19H,13-15H2,1-4H3,(H,27,30). The molecule has 1 N–H and O–H groups in total. The number of ether oxygens (including phenoxy) is 2. The molecule has 0 atom stereocenters. The lowest BCUT2D eigenvalue weighted by Gasteiger charge is -2.39. The van der Waals surface area contributed by atoms with Gasteiger partial charge in [-0.1, -0.05) is 35.5 Å². The van der Waals surface area contributed by atoms with Crippen molar-refractivity contribution >= 4 is 12.0 Å². The van der Waals surface area contributed by atoms with Crippen LogP contribution in [0.1, 0.15) is 42.5 Å². The third-order valence-corrected chi connectivity index (χ3v) is 5.26. The molecule has 0 aliphatic carbocycles. The van der Waals surface area contributed by atoms with Gasteiger partial charge in [0.2, 0.25) is 5.88 Å². The number of carbonyl (C=O) groups is 2.